The van der Waals surface area contributed by atoms with Gasteiger partial charge in [-0.2, -0.15) is 15.3 Å². The predicted octanol–water partition coefficient (Wildman–Crippen LogP) is 8.47. The first-order valence-corrected chi connectivity index (χ1v) is 17.5. The Bertz CT molecular complexity index is 2160. The summed E-state index contributed by atoms with van der Waals surface area (Å²) in [7, 11) is -0.837. The smallest absolute Gasteiger partial charge is 0.273 e. The van der Waals surface area contributed by atoms with Gasteiger partial charge >= 0.3 is 7.12 Å². The lowest BCUT2D eigenvalue weighted by atomic mass is 9.96. The van der Waals surface area contributed by atoms with Gasteiger partial charge in [0.05, 0.1) is 17.1 Å². The van der Waals surface area contributed by atoms with E-state index in [0.717, 1.165) is 67.9 Å². The monoisotopic (exact) mass is 707 g/mol. The van der Waals surface area contributed by atoms with Crippen molar-refractivity contribution in [2.75, 3.05) is 0 Å². The average Bonchev–Trinajstić information content (AvgIpc) is 3.54. The molecule has 0 aliphatic carbocycles. The van der Waals surface area contributed by atoms with Gasteiger partial charge in [-0.15, -0.1) is 0 Å². The average molecular weight is 708 g/mol. The van der Waals surface area contributed by atoms with Crippen molar-refractivity contribution in [3.63, 3.8) is 0 Å². The zero-order valence-corrected chi connectivity index (χ0v) is 32.7. The van der Waals surface area contributed by atoms with E-state index >= 15 is 0 Å². The summed E-state index contributed by atoms with van der Waals surface area (Å²) in [4.78, 5) is 0. The Balaban J connectivity index is 1.69. The van der Waals surface area contributed by atoms with Crippen molar-refractivity contribution in [2.24, 2.45) is 0 Å². The number of nitrogens with zero attached hydrogens (tertiary/aromatic N) is 9. The van der Waals surface area contributed by atoms with Crippen LogP contribution in [-0.4, -0.2) is 49.9 Å². The molecule has 6 rings (SSSR count). The van der Waals surface area contributed by atoms with Crippen molar-refractivity contribution in [1.82, 2.24) is 42.8 Å². The molecule has 0 saturated heterocycles. The number of aryl methyl sites for hydroxylation is 12. The van der Waals surface area contributed by atoms with Gasteiger partial charge < -0.3 is 0 Å². The van der Waals surface area contributed by atoms with Gasteiger partial charge in [-0.25, -0.2) is 13.8 Å². The third-order valence-electron chi connectivity index (χ3n) is 9.12. The first kappa shape index (κ1) is 34.7. The van der Waals surface area contributed by atoms with Crippen LogP contribution in [0.25, 0.3) is 17.1 Å². The maximum absolute atomic E-state index is 6.29. The molecule has 3 aromatic heterocycles. The molecule has 3 heterocycles. The van der Waals surface area contributed by atoms with Crippen molar-refractivity contribution >= 4 is 43.8 Å². The lowest BCUT2D eigenvalue weighted by Crippen LogP contribution is -2.44. The third kappa shape index (κ3) is 5.71. The van der Waals surface area contributed by atoms with Gasteiger partial charge in [-0.3, -0.25) is 13.7 Å². The van der Waals surface area contributed by atoms with Crippen LogP contribution in [0, 0.1) is 97.4 Å². The van der Waals surface area contributed by atoms with Crippen LogP contribution in [-0.2, 0) is 0 Å². The highest BCUT2D eigenvalue weighted by Crippen LogP contribution is 2.27. The molecule has 0 unspecified atom stereocenters. The SMILES string of the molecule is Cc1cc(C)c(-n2c(C)nn(B(n3nc(C)n(-c4c(C)cc(C)cc4C)c3=S)n3nc(C)n(-c4c(C)cc(C)cc4C)c3=S)c2=S)c(C)c1. The fourth-order valence-corrected chi connectivity index (χ4v) is 8.64. The zero-order valence-electron chi connectivity index (χ0n) is 30.3. The third-order valence-corrected chi connectivity index (χ3v) is 10.2. The number of hydrogen-bond acceptors (Lipinski definition) is 6. The summed E-state index contributed by atoms with van der Waals surface area (Å²) in [6, 6.07) is 13.0. The number of benzene rings is 3. The Morgan fingerprint density at radius 1 is 0.388 bits per heavy atom. The van der Waals surface area contributed by atoms with E-state index in [1.54, 1.807) is 13.8 Å². The summed E-state index contributed by atoms with van der Waals surface area (Å²) in [5.74, 6) is 2.18. The van der Waals surface area contributed by atoms with E-state index in [0.29, 0.717) is 14.3 Å². The molecule has 0 aliphatic heterocycles. The van der Waals surface area contributed by atoms with E-state index in [1.807, 2.05) is 34.5 Å². The normalized spacial score (nSPS) is 11.5. The Morgan fingerprint density at radius 2 is 0.592 bits per heavy atom. The molecule has 0 saturated carbocycles. The Hall–Kier alpha value is -4.20. The molecule has 0 amide bonds. The molecule has 0 radical (unpaired) electrons. The van der Waals surface area contributed by atoms with Gasteiger partial charge in [0.15, 0.2) is 14.3 Å². The minimum absolute atomic E-state index is 0.478. The van der Waals surface area contributed by atoms with Crippen molar-refractivity contribution in [1.29, 1.82) is 0 Å². The standard InChI is InChI=1S/C36H42BN9S3/c1-19-13-22(4)31(23(5)14-19)41-28(10)38-44(34(41)47)37(45-35(48)42(29(11)39-45)32-24(6)15-20(2)16-25(32)7)46-36(49)43(30(12)40-46)33-26(8)17-21(3)18-27(33)9/h13-18H,1-12H3. The highest BCUT2D eigenvalue weighted by molar-refractivity contribution is 7.71. The fourth-order valence-electron chi connectivity index (χ4n) is 7.56. The summed E-state index contributed by atoms with van der Waals surface area (Å²) in [6.45, 7) is 24.8. The first-order chi connectivity index (χ1) is 23.0. The lowest BCUT2D eigenvalue weighted by molar-refractivity contribution is 0.744. The van der Waals surface area contributed by atoms with E-state index in [9.17, 15) is 0 Å². The quantitative estimate of drug-likeness (QED) is 0.128. The molecule has 252 valence electrons. The molecule has 6 aromatic rings. The second-order valence-corrected chi connectivity index (χ2v) is 14.5. The Kier molecular flexibility index (Phi) is 8.91. The van der Waals surface area contributed by atoms with Crippen LogP contribution in [0.5, 0.6) is 0 Å². The van der Waals surface area contributed by atoms with Crippen molar-refractivity contribution in [3.05, 3.63) is 118 Å². The summed E-state index contributed by atoms with van der Waals surface area (Å²) in [5, 5.41) is 15.3. The van der Waals surface area contributed by atoms with Crippen molar-refractivity contribution < 1.29 is 0 Å². The molecule has 9 nitrogen and oxygen atoms in total. The van der Waals surface area contributed by atoms with Crippen LogP contribution < -0.4 is 0 Å². The van der Waals surface area contributed by atoms with E-state index in [1.165, 1.54) is 16.7 Å². The molecule has 0 atom stereocenters. The second-order valence-electron chi connectivity index (χ2n) is 13.4. The molecule has 49 heavy (non-hydrogen) atoms. The molecule has 0 N–H and O–H groups in total. The van der Waals surface area contributed by atoms with E-state index in [4.69, 9.17) is 51.9 Å². The highest BCUT2D eigenvalue weighted by atomic mass is 32.1. The number of hydrogen-bond donors (Lipinski definition) is 0. The molecule has 0 aliphatic rings. The van der Waals surface area contributed by atoms with Crippen LogP contribution in [0.1, 0.15) is 67.5 Å². The number of aromatic nitrogens is 9. The van der Waals surface area contributed by atoms with E-state index in [-0.39, 0.29) is 0 Å². The molecule has 13 heteroatoms. The van der Waals surface area contributed by atoms with E-state index in [2.05, 4.69) is 98.7 Å². The first-order valence-electron chi connectivity index (χ1n) is 16.3. The van der Waals surface area contributed by atoms with Gasteiger partial charge in [0.25, 0.3) is 0 Å². The van der Waals surface area contributed by atoms with Gasteiger partial charge in [0, 0.05) is 0 Å². The molecule has 0 fully saturated rings. The highest BCUT2D eigenvalue weighted by Gasteiger charge is 2.36. The van der Waals surface area contributed by atoms with Crippen LogP contribution >= 0.6 is 36.7 Å². The van der Waals surface area contributed by atoms with Gasteiger partial charge in [0.1, 0.15) is 17.5 Å². The Morgan fingerprint density at radius 3 is 0.796 bits per heavy atom. The second kappa shape index (κ2) is 12.6. The summed E-state index contributed by atoms with van der Waals surface area (Å²) in [5.41, 5.74) is 13.2. The summed E-state index contributed by atoms with van der Waals surface area (Å²) in [6.07, 6.45) is 0. The molecule has 0 bridgehead atoms. The minimum Gasteiger partial charge on any atom is -0.273 e. The van der Waals surface area contributed by atoms with E-state index < -0.39 is 7.12 Å². The van der Waals surface area contributed by atoms with Crippen LogP contribution in [0.3, 0.4) is 0 Å². The predicted molar refractivity (Wildman–Crippen MR) is 206 cm³/mol. The minimum atomic E-state index is -0.837. The van der Waals surface area contributed by atoms with Crippen LogP contribution in [0.2, 0.25) is 0 Å². The van der Waals surface area contributed by atoms with Crippen LogP contribution in [0.15, 0.2) is 36.4 Å². The molecule has 3 aromatic carbocycles. The van der Waals surface area contributed by atoms with Crippen LogP contribution in [0.4, 0.5) is 0 Å². The fraction of sp³-hybridized carbons (Fsp3) is 0.333. The van der Waals surface area contributed by atoms with Crippen molar-refractivity contribution in [2.45, 2.75) is 83.1 Å². The summed E-state index contributed by atoms with van der Waals surface area (Å²) >= 11 is 18.9. The summed E-state index contributed by atoms with van der Waals surface area (Å²) < 4.78 is 12.8. The number of rotatable bonds is 6. The molecular formula is C36H42BN9S3. The van der Waals surface area contributed by atoms with Crippen molar-refractivity contribution in [3.8, 4) is 17.1 Å². The maximum atomic E-state index is 6.29. The topological polar surface area (TPSA) is 68.2 Å². The largest absolute Gasteiger partial charge is 0.576 e. The van der Waals surface area contributed by atoms with Gasteiger partial charge in [0.2, 0.25) is 0 Å². The molecular weight excluding hydrogens is 665 g/mol. The lowest BCUT2D eigenvalue weighted by Gasteiger charge is -2.16. The maximum Gasteiger partial charge on any atom is 0.576 e. The zero-order chi connectivity index (χ0) is 35.8. The van der Waals surface area contributed by atoms with Gasteiger partial charge in [-0.05, 0) is 153 Å². The van der Waals surface area contributed by atoms with Gasteiger partial charge in [-0.1, -0.05) is 53.1 Å². The molecule has 0 spiro atoms. The Labute approximate surface area is 303 Å².